The number of esters is 1. The SMILES string of the molecule is COC(=O)C(Cc1ccc2onc(N=P)c2c1)N=P. The van der Waals surface area contributed by atoms with E-state index in [1.54, 1.807) is 6.07 Å². The predicted octanol–water partition coefficient (Wildman–Crippen LogP) is 3.20. The van der Waals surface area contributed by atoms with Crippen LogP contribution in [-0.4, -0.2) is 24.3 Å². The molecule has 0 fully saturated rings. The number of carbonyl (C=O) groups is 1. The number of carbonyl (C=O) groups excluding carboxylic acids is 1. The lowest BCUT2D eigenvalue weighted by atomic mass is 10.0. The fraction of sp³-hybridized carbons (Fsp3) is 0.273. The average molecular weight is 295 g/mol. The number of fused-ring (bicyclic) bond motifs is 1. The maximum Gasteiger partial charge on any atom is 0.331 e. The summed E-state index contributed by atoms with van der Waals surface area (Å²) in [6, 6.07) is 4.89. The molecule has 0 saturated heterocycles. The number of aromatic nitrogens is 1. The molecule has 0 aliphatic rings. The summed E-state index contributed by atoms with van der Waals surface area (Å²) < 4.78 is 17.4. The van der Waals surface area contributed by atoms with Crippen LogP contribution in [0.2, 0.25) is 0 Å². The van der Waals surface area contributed by atoms with Crippen molar-refractivity contribution >= 4 is 40.8 Å². The molecule has 0 saturated carbocycles. The van der Waals surface area contributed by atoms with Crippen LogP contribution >= 0.6 is 18.1 Å². The zero-order chi connectivity index (χ0) is 13.8. The van der Waals surface area contributed by atoms with Gasteiger partial charge in [0.1, 0.15) is 0 Å². The minimum atomic E-state index is -0.595. The molecule has 0 aliphatic heterocycles. The summed E-state index contributed by atoms with van der Waals surface area (Å²) in [5.41, 5.74) is 1.54. The van der Waals surface area contributed by atoms with Crippen LogP contribution in [0.25, 0.3) is 11.0 Å². The van der Waals surface area contributed by atoms with Gasteiger partial charge in [-0.2, -0.15) is 0 Å². The van der Waals surface area contributed by atoms with Gasteiger partial charge in [-0.1, -0.05) is 11.2 Å². The molecule has 2 rings (SSSR count). The van der Waals surface area contributed by atoms with Crippen molar-refractivity contribution in [3.05, 3.63) is 23.8 Å². The molecular formula is C11H11N3O3P2. The second-order valence-corrected chi connectivity index (χ2v) is 4.30. The summed E-state index contributed by atoms with van der Waals surface area (Å²) >= 11 is 0. The van der Waals surface area contributed by atoms with E-state index in [0.717, 1.165) is 10.9 Å². The molecule has 1 heterocycles. The van der Waals surface area contributed by atoms with Crippen molar-refractivity contribution < 1.29 is 14.1 Å². The molecule has 6 nitrogen and oxygen atoms in total. The molecule has 98 valence electrons. The summed E-state index contributed by atoms with van der Waals surface area (Å²) in [5.74, 6) is 0.0592. The van der Waals surface area contributed by atoms with Crippen molar-refractivity contribution in [1.82, 2.24) is 5.16 Å². The molecule has 0 spiro atoms. The molecular weight excluding hydrogens is 284 g/mol. The zero-order valence-corrected chi connectivity index (χ0v) is 12.1. The highest BCUT2D eigenvalue weighted by molar-refractivity contribution is 7.04. The van der Waals surface area contributed by atoms with E-state index in [2.05, 4.69) is 37.4 Å². The molecule has 1 atom stereocenters. The van der Waals surface area contributed by atoms with Crippen LogP contribution < -0.4 is 0 Å². The second-order valence-electron chi connectivity index (χ2n) is 3.82. The molecule has 0 radical (unpaired) electrons. The monoisotopic (exact) mass is 295 g/mol. The molecule has 1 aromatic carbocycles. The van der Waals surface area contributed by atoms with Gasteiger partial charge in [-0.3, -0.25) is 4.74 Å². The fourth-order valence-electron chi connectivity index (χ4n) is 1.72. The average Bonchev–Trinajstić information content (AvgIpc) is 2.86. The third-order valence-electron chi connectivity index (χ3n) is 2.68. The second kappa shape index (κ2) is 6.00. The highest BCUT2D eigenvalue weighted by Crippen LogP contribution is 2.27. The van der Waals surface area contributed by atoms with Gasteiger partial charge in [-0.25, -0.2) is 9.54 Å². The quantitative estimate of drug-likeness (QED) is 0.627. The Labute approximate surface area is 113 Å². The number of benzene rings is 1. The Morgan fingerprint density at radius 1 is 1.53 bits per heavy atom. The Morgan fingerprint density at radius 3 is 2.95 bits per heavy atom. The van der Waals surface area contributed by atoms with Crippen LogP contribution in [0.3, 0.4) is 0 Å². The van der Waals surface area contributed by atoms with E-state index in [1.807, 2.05) is 12.1 Å². The summed E-state index contributed by atoms with van der Waals surface area (Å²) in [7, 11) is 7.37. The maximum absolute atomic E-state index is 11.5. The molecule has 1 aromatic heterocycles. The minimum absolute atomic E-state index is 0.398. The van der Waals surface area contributed by atoms with Crippen molar-refractivity contribution in [2.75, 3.05) is 7.11 Å². The molecule has 0 aliphatic carbocycles. The largest absolute Gasteiger partial charge is 0.467 e. The third-order valence-corrected chi connectivity index (χ3v) is 3.20. The van der Waals surface area contributed by atoms with Crippen LogP contribution in [0.1, 0.15) is 5.56 Å². The first-order valence-electron chi connectivity index (χ1n) is 5.39. The number of nitrogens with zero attached hydrogens (tertiary/aromatic N) is 3. The molecule has 0 N–H and O–H groups in total. The zero-order valence-electron chi connectivity index (χ0n) is 10.1. The standard InChI is InChI=1S/C11H11N3O3P2/c1-16-11(15)8(13-18)5-6-2-3-9-7(4-6)10(14-19)12-17-9/h2-4,8,18-19H,5H2,1H3. The maximum atomic E-state index is 11.5. The smallest absolute Gasteiger partial charge is 0.331 e. The van der Waals surface area contributed by atoms with Crippen molar-refractivity contribution in [3.63, 3.8) is 0 Å². The number of ether oxygens (including phenoxy) is 1. The van der Waals surface area contributed by atoms with Gasteiger partial charge < -0.3 is 9.26 Å². The van der Waals surface area contributed by atoms with E-state index in [1.165, 1.54) is 7.11 Å². The van der Waals surface area contributed by atoms with Gasteiger partial charge in [0.05, 0.1) is 12.5 Å². The van der Waals surface area contributed by atoms with Gasteiger partial charge in [0, 0.05) is 6.42 Å². The van der Waals surface area contributed by atoms with Gasteiger partial charge in [0.15, 0.2) is 11.6 Å². The highest BCUT2D eigenvalue weighted by atomic mass is 31.0. The van der Waals surface area contributed by atoms with E-state index in [-0.39, 0.29) is 0 Å². The molecule has 0 bridgehead atoms. The van der Waals surface area contributed by atoms with Gasteiger partial charge in [-0.15, -0.1) is 0 Å². The van der Waals surface area contributed by atoms with E-state index < -0.39 is 12.0 Å². The van der Waals surface area contributed by atoms with Crippen molar-refractivity contribution in [2.24, 2.45) is 9.49 Å². The first-order valence-corrected chi connectivity index (χ1v) is 6.29. The molecule has 8 heteroatoms. The molecule has 0 amide bonds. The first kappa shape index (κ1) is 13.8. The first-order chi connectivity index (χ1) is 9.19. The number of methoxy groups -OCH3 is 1. The van der Waals surface area contributed by atoms with E-state index in [4.69, 9.17) is 4.52 Å². The topological polar surface area (TPSA) is 77.0 Å². The Hall–Kier alpha value is -1.64. The lowest BCUT2D eigenvalue weighted by molar-refractivity contribution is -0.141. The van der Waals surface area contributed by atoms with Crippen molar-refractivity contribution in [1.29, 1.82) is 0 Å². The van der Waals surface area contributed by atoms with Crippen LogP contribution in [0.15, 0.2) is 32.2 Å². The Bertz CT molecular complexity index is 641. The fourth-order valence-corrected chi connectivity index (χ4v) is 2.08. The number of hydrogen-bond donors (Lipinski definition) is 0. The molecule has 2 aromatic rings. The van der Waals surface area contributed by atoms with Gasteiger partial charge in [0.25, 0.3) is 0 Å². The van der Waals surface area contributed by atoms with Gasteiger partial charge in [-0.05, 0) is 35.8 Å². The minimum Gasteiger partial charge on any atom is -0.467 e. The predicted molar refractivity (Wildman–Crippen MR) is 74.7 cm³/mol. The summed E-state index contributed by atoms with van der Waals surface area (Å²) in [6.07, 6.45) is 0.415. The van der Waals surface area contributed by atoms with Crippen LogP contribution in [-0.2, 0) is 16.0 Å². The van der Waals surface area contributed by atoms with E-state index >= 15 is 0 Å². The summed E-state index contributed by atoms with van der Waals surface area (Å²) in [4.78, 5) is 11.5. The lowest BCUT2D eigenvalue weighted by Crippen LogP contribution is -2.21. The van der Waals surface area contributed by atoms with E-state index in [0.29, 0.717) is 17.8 Å². The van der Waals surface area contributed by atoms with E-state index in [9.17, 15) is 4.79 Å². The van der Waals surface area contributed by atoms with Crippen LogP contribution in [0.4, 0.5) is 5.82 Å². The summed E-state index contributed by atoms with van der Waals surface area (Å²) in [6.45, 7) is 0. The van der Waals surface area contributed by atoms with Crippen molar-refractivity contribution in [2.45, 2.75) is 12.5 Å². The highest BCUT2D eigenvalue weighted by Gasteiger charge is 2.18. The van der Waals surface area contributed by atoms with Crippen LogP contribution in [0, 0.1) is 0 Å². The van der Waals surface area contributed by atoms with Gasteiger partial charge >= 0.3 is 5.97 Å². The van der Waals surface area contributed by atoms with Crippen LogP contribution in [0.5, 0.6) is 0 Å². The molecule has 19 heavy (non-hydrogen) atoms. The third kappa shape index (κ3) is 2.86. The summed E-state index contributed by atoms with van der Waals surface area (Å²) in [5, 5.41) is 4.56. The number of rotatable bonds is 5. The molecule has 1 unspecified atom stereocenters. The number of hydrogen-bond acceptors (Lipinski definition) is 6. The lowest BCUT2D eigenvalue weighted by Gasteiger charge is -2.08. The van der Waals surface area contributed by atoms with Gasteiger partial charge in [0.2, 0.25) is 5.82 Å². The van der Waals surface area contributed by atoms with Crippen molar-refractivity contribution in [3.8, 4) is 0 Å². The normalized spacial score (nSPS) is 12.1. The Kier molecular flexibility index (Phi) is 4.35. The Balaban J connectivity index is 2.32. The Morgan fingerprint density at radius 2 is 2.32 bits per heavy atom.